The molecule has 10 rings (SSSR count). The topological polar surface area (TPSA) is 25.8 Å². The highest BCUT2D eigenvalue weighted by molar-refractivity contribution is 5.39. The standard InChI is InChI=1S/C59H92N2.2C2H6/c1-15-53(8,9)32-39-26-40-28-48-45-22-20-42-30-50-52(34-56(42,12)57(45,13)31-38(7)58(48,14)46(40)27-39)61-49-29-41-19-21-44-47(54(41,10)33-51(49)60-50)25-37(6)59(16-2)43(23-24-55(44,59)11)36(5)18-17-35(3)4;2*1-2/h28,35-36,38-47H,6,15-27,29-34H2,1-5,7-14H3;2*1-2H3/t36?,38?,39?,40?,41?,42?,43?,44?,45?,46?,47?,54?,55?,56?,57-,58?,59?;;/m0../s1. The molecule has 0 aliphatic heterocycles. The third-order valence-corrected chi connectivity index (χ3v) is 24.4. The summed E-state index contributed by atoms with van der Waals surface area (Å²) in [6, 6.07) is 0. The first-order chi connectivity index (χ1) is 30.7. The van der Waals surface area contributed by atoms with E-state index in [1.807, 2.05) is 33.3 Å². The number of fused-ring (bicyclic) bond motifs is 14. The Morgan fingerprint density at radius 2 is 1.37 bits per heavy atom. The van der Waals surface area contributed by atoms with Gasteiger partial charge in [-0.15, -0.1) is 0 Å². The van der Waals surface area contributed by atoms with Crippen LogP contribution in [-0.2, 0) is 25.7 Å². The molecule has 2 nitrogen and oxygen atoms in total. The molecular formula is C63H104N2. The Bertz CT molecular complexity index is 1950. The Hall–Kier alpha value is -1.44. The molecule has 0 radical (unpaired) electrons. The molecule has 6 fully saturated rings. The molecule has 16 unspecified atom stereocenters. The van der Waals surface area contributed by atoms with Crippen LogP contribution in [0.25, 0.3) is 0 Å². The molecule has 1 aromatic rings. The van der Waals surface area contributed by atoms with Crippen LogP contribution in [0.4, 0.5) is 0 Å². The minimum atomic E-state index is 0.282. The maximum Gasteiger partial charge on any atom is 0.0628 e. The second-order valence-electron chi connectivity index (χ2n) is 27.4. The van der Waals surface area contributed by atoms with Crippen molar-refractivity contribution in [1.29, 1.82) is 0 Å². The fourth-order valence-electron chi connectivity index (χ4n) is 20.4. The van der Waals surface area contributed by atoms with Gasteiger partial charge in [0.05, 0.1) is 22.8 Å². The molecule has 65 heavy (non-hydrogen) atoms. The van der Waals surface area contributed by atoms with Crippen molar-refractivity contribution in [3.63, 3.8) is 0 Å². The molecule has 0 saturated heterocycles. The Labute approximate surface area is 403 Å². The molecule has 0 spiro atoms. The van der Waals surface area contributed by atoms with E-state index in [1.54, 1.807) is 5.57 Å². The Morgan fingerprint density at radius 1 is 0.723 bits per heavy atom. The molecule has 1 heterocycles. The average Bonchev–Trinajstić information content (AvgIpc) is 3.91. The van der Waals surface area contributed by atoms with E-state index in [1.165, 1.54) is 119 Å². The van der Waals surface area contributed by atoms with Crippen LogP contribution in [0.1, 0.15) is 237 Å². The SMILES string of the molecule is C=C1CC2C(CCC3Cc4nc5c(nc4CC32C)CC2CCC3C4=CC6CC(CC(C)(C)CC)CC6C4(C)C(C)C[C@]3(C)C2(C)C5)C2(C)CCC(C(C)CCC(C)C)C12CC.CC.CC. The highest BCUT2D eigenvalue weighted by Crippen LogP contribution is 2.77. The second kappa shape index (κ2) is 17.4. The number of nitrogens with zero attached hydrogens (tertiary/aromatic N) is 2. The maximum atomic E-state index is 5.85. The third-order valence-electron chi connectivity index (χ3n) is 24.4. The van der Waals surface area contributed by atoms with E-state index in [9.17, 15) is 0 Å². The molecular weight excluding hydrogens is 785 g/mol. The summed E-state index contributed by atoms with van der Waals surface area (Å²) >= 11 is 0. The highest BCUT2D eigenvalue weighted by Gasteiger charge is 2.70. The van der Waals surface area contributed by atoms with Crippen molar-refractivity contribution in [1.82, 2.24) is 9.97 Å². The highest BCUT2D eigenvalue weighted by atomic mass is 14.9. The zero-order chi connectivity index (χ0) is 47.4. The van der Waals surface area contributed by atoms with Crippen LogP contribution >= 0.6 is 0 Å². The minimum Gasteiger partial charge on any atom is -0.254 e. The van der Waals surface area contributed by atoms with Gasteiger partial charge in [-0.05, 0) is 212 Å². The maximum absolute atomic E-state index is 5.85. The van der Waals surface area contributed by atoms with Crippen molar-refractivity contribution in [2.45, 2.75) is 240 Å². The molecule has 0 amide bonds. The van der Waals surface area contributed by atoms with E-state index in [0.717, 1.165) is 96.7 Å². The molecule has 0 aromatic carbocycles. The lowest BCUT2D eigenvalue weighted by Crippen LogP contribution is -2.61. The van der Waals surface area contributed by atoms with Gasteiger partial charge in [0.15, 0.2) is 0 Å². The normalized spacial score (nSPS) is 45.9. The molecule has 366 valence electrons. The van der Waals surface area contributed by atoms with E-state index in [4.69, 9.17) is 16.5 Å². The predicted molar refractivity (Wildman–Crippen MR) is 279 cm³/mol. The van der Waals surface area contributed by atoms with Crippen molar-refractivity contribution in [3.8, 4) is 0 Å². The van der Waals surface area contributed by atoms with Crippen molar-refractivity contribution in [2.24, 2.45) is 109 Å². The monoisotopic (exact) mass is 889 g/mol. The number of hydrogen-bond donors (Lipinski definition) is 0. The Balaban J connectivity index is 0.00000140. The van der Waals surface area contributed by atoms with Crippen LogP contribution in [0.3, 0.4) is 0 Å². The lowest BCUT2D eigenvalue weighted by atomic mass is 9.38. The van der Waals surface area contributed by atoms with Gasteiger partial charge in [0.25, 0.3) is 0 Å². The zero-order valence-electron chi connectivity index (χ0n) is 46.0. The Morgan fingerprint density at radius 3 is 2.02 bits per heavy atom. The van der Waals surface area contributed by atoms with Gasteiger partial charge >= 0.3 is 0 Å². The predicted octanol–water partition coefficient (Wildman–Crippen LogP) is 17.7. The van der Waals surface area contributed by atoms with Gasteiger partial charge in [-0.3, -0.25) is 9.97 Å². The van der Waals surface area contributed by atoms with Crippen molar-refractivity contribution >= 4 is 0 Å². The number of aromatic nitrogens is 2. The van der Waals surface area contributed by atoms with E-state index in [0.29, 0.717) is 32.5 Å². The van der Waals surface area contributed by atoms with Crippen LogP contribution in [-0.4, -0.2) is 9.97 Å². The first kappa shape index (κ1) is 50.0. The van der Waals surface area contributed by atoms with Gasteiger partial charge in [-0.25, -0.2) is 0 Å². The van der Waals surface area contributed by atoms with E-state index >= 15 is 0 Å². The van der Waals surface area contributed by atoms with E-state index in [-0.39, 0.29) is 5.41 Å². The first-order valence-electron chi connectivity index (χ1n) is 29.0. The van der Waals surface area contributed by atoms with Gasteiger partial charge in [0.1, 0.15) is 0 Å². The molecule has 17 atom stereocenters. The largest absolute Gasteiger partial charge is 0.254 e. The molecule has 2 heteroatoms. The molecule has 0 N–H and O–H groups in total. The molecule has 9 aliphatic rings. The van der Waals surface area contributed by atoms with Gasteiger partial charge in [0, 0.05) is 0 Å². The van der Waals surface area contributed by atoms with Crippen LogP contribution in [0.15, 0.2) is 23.8 Å². The summed E-state index contributed by atoms with van der Waals surface area (Å²) in [5, 5.41) is 0. The molecule has 9 aliphatic carbocycles. The summed E-state index contributed by atoms with van der Waals surface area (Å²) in [4.78, 5) is 11.7. The summed E-state index contributed by atoms with van der Waals surface area (Å²) < 4.78 is 0. The minimum absolute atomic E-state index is 0.282. The molecule has 1 aromatic heterocycles. The number of rotatable bonds is 8. The second-order valence-corrected chi connectivity index (χ2v) is 27.4. The smallest absolute Gasteiger partial charge is 0.0628 e. The van der Waals surface area contributed by atoms with Crippen LogP contribution in [0.2, 0.25) is 0 Å². The third kappa shape index (κ3) is 7.12. The van der Waals surface area contributed by atoms with Crippen molar-refractivity contribution in [3.05, 3.63) is 46.6 Å². The summed E-state index contributed by atoms with van der Waals surface area (Å²) in [5.74, 6) is 9.49. The summed E-state index contributed by atoms with van der Waals surface area (Å²) in [6.45, 7) is 47.1. The molecule has 6 saturated carbocycles. The van der Waals surface area contributed by atoms with Crippen molar-refractivity contribution < 1.29 is 0 Å². The van der Waals surface area contributed by atoms with Gasteiger partial charge < -0.3 is 0 Å². The van der Waals surface area contributed by atoms with Gasteiger partial charge in [-0.1, -0.05) is 161 Å². The number of hydrogen-bond acceptors (Lipinski definition) is 2. The lowest BCUT2D eigenvalue weighted by Gasteiger charge is -2.67. The summed E-state index contributed by atoms with van der Waals surface area (Å²) in [6.07, 6.45) is 28.3. The van der Waals surface area contributed by atoms with Crippen molar-refractivity contribution in [2.75, 3.05) is 0 Å². The van der Waals surface area contributed by atoms with Crippen LogP contribution in [0.5, 0.6) is 0 Å². The first-order valence-corrected chi connectivity index (χ1v) is 29.0. The van der Waals surface area contributed by atoms with Gasteiger partial charge in [-0.2, -0.15) is 0 Å². The molecule has 0 bridgehead atoms. The average molecular weight is 890 g/mol. The van der Waals surface area contributed by atoms with Gasteiger partial charge in [0.2, 0.25) is 0 Å². The fourth-order valence-corrected chi connectivity index (χ4v) is 20.4. The Kier molecular flexibility index (Phi) is 13.4. The lowest BCUT2D eigenvalue weighted by molar-refractivity contribution is -0.132. The fraction of sp³-hybridized carbons (Fsp3) is 0.873. The van der Waals surface area contributed by atoms with E-state index < -0.39 is 0 Å². The van der Waals surface area contributed by atoms with E-state index in [2.05, 4.69) is 96.1 Å². The summed E-state index contributed by atoms with van der Waals surface area (Å²) in [7, 11) is 0. The number of allylic oxidation sites excluding steroid dienone is 3. The summed E-state index contributed by atoms with van der Waals surface area (Å²) in [5.41, 5.74) is 11.7. The zero-order valence-corrected chi connectivity index (χ0v) is 46.0. The van der Waals surface area contributed by atoms with Crippen LogP contribution < -0.4 is 0 Å². The van der Waals surface area contributed by atoms with Crippen LogP contribution in [0, 0.1) is 109 Å². The quantitative estimate of drug-likeness (QED) is 0.243.